The monoisotopic (exact) mass is 323 g/mol. The summed E-state index contributed by atoms with van der Waals surface area (Å²) < 4.78 is 6.96. The van der Waals surface area contributed by atoms with Crippen LogP contribution < -0.4 is 16.0 Å². The Balaban J connectivity index is 1.86. The first-order valence-corrected chi connectivity index (χ1v) is 8.27. The minimum atomic E-state index is -0.518. The van der Waals surface area contributed by atoms with Gasteiger partial charge in [-0.3, -0.25) is 10.00 Å². The van der Waals surface area contributed by atoms with E-state index in [4.69, 9.17) is 4.74 Å². The molecule has 0 unspecified atom stereocenters. The normalized spacial score (nSPS) is 16.3. The van der Waals surface area contributed by atoms with Crippen LogP contribution in [-0.4, -0.2) is 41.1 Å². The van der Waals surface area contributed by atoms with Crippen molar-refractivity contribution in [2.45, 2.75) is 45.8 Å². The van der Waals surface area contributed by atoms with E-state index in [9.17, 15) is 4.79 Å². The molecule has 1 aromatic heterocycles. The summed E-state index contributed by atoms with van der Waals surface area (Å²) in [7, 11) is 1.81. The number of carbonyl (C=O) groups is 1. The molecule has 0 saturated carbocycles. The highest BCUT2D eigenvalue weighted by Crippen LogP contribution is 2.17. The Morgan fingerprint density at radius 1 is 1.43 bits per heavy atom. The van der Waals surface area contributed by atoms with Gasteiger partial charge in [-0.05, 0) is 59.2 Å². The molecule has 3 N–H and O–H groups in total. The molecule has 7 nitrogen and oxygen atoms in total. The zero-order valence-electron chi connectivity index (χ0n) is 14.6. The first-order chi connectivity index (χ1) is 10.8. The Hall–Kier alpha value is -1.60. The minimum absolute atomic E-state index is 0.458. The number of piperidine rings is 1. The molecule has 0 spiro atoms. The highest BCUT2D eigenvalue weighted by atomic mass is 16.6. The van der Waals surface area contributed by atoms with E-state index in [0.29, 0.717) is 12.4 Å². The van der Waals surface area contributed by atoms with Crippen molar-refractivity contribution in [2.75, 3.05) is 25.0 Å². The number of ether oxygens (including phenoxy) is 1. The first-order valence-electron chi connectivity index (χ1n) is 8.27. The summed E-state index contributed by atoms with van der Waals surface area (Å²) in [6, 6.07) is 0. The van der Waals surface area contributed by atoms with E-state index in [1.54, 1.807) is 10.9 Å². The molecule has 1 saturated heterocycles. The summed E-state index contributed by atoms with van der Waals surface area (Å²) in [4.78, 5) is 11.9. The maximum absolute atomic E-state index is 11.9. The van der Waals surface area contributed by atoms with Crippen LogP contribution in [0.15, 0.2) is 6.20 Å². The second kappa shape index (κ2) is 7.79. The van der Waals surface area contributed by atoms with Gasteiger partial charge in [0.2, 0.25) is 0 Å². The Kier molecular flexibility index (Phi) is 6.01. The van der Waals surface area contributed by atoms with Crippen molar-refractivity contribution in [2.24, 2.45) is 13.0 Å². The molecular weight excluding hydrogens is 294 g/mol. The maximum Gasteiger partial charge on any atom is 0.413 e. The highest BCUT2D eigenvalue weighted by molar-refractivity contribution is 5.84. The van der Waals surface area contributed by atoms with Gasteiger partial charge in [-0.15, -0.1) is 0 Å². The van der Waals surface area contributed by atoms with Gasteiger partial charge in [0.1, 0.15) is 11.4 Å². The van der Waals surface area contributed by atoms with Gasteiger partial charge >= 0.3 is 6.09 Å². The number of carbonyl (C=O) groups excluding carboxylic acids is 1. The molecule has 0 radical (unpaired) electrons. The molecule has 130 valence electrons. The molecule has 0 aromatic carbocycles. The van der Waals surface area contributed by atoms with E-state index in [1.807, 2.05) is 27.8 Å². The topological polar surface area (TPSA) is 80.2 Å². The minimum Gasteiger partial charge on any atom is -0.444 e. The third kappa shape index (κ3) is 5.84. The SMILES string of the molecule is Cn1ncc(CNCC2CCNCC2)c1NC(=O)OC(C)(C)C. The van der Waals surface area contributed by atoms with Crippen molar-refractivity contribution in [1.82, 2.24) is 20.4 Å². The van der Waals surface area contributed by atoms with Crippen molar-refractivity contribution in [3.63, 3.8) is 0 Å². The van der Waals surface area contributed by atoms with Gasteiger partial charge < -0.3 is 15.4 Å². The average molecular weight is 323 g/mol. The molecule has 1 aliphatic rings. The van der Waals surface area contributed by atoms with Crippen molar-refractivity contribution in [1.29, 1.82) is 0 Å². The summed E-state index contributed by atoms with van der Waals surface area (Å²) in [6.45, 7) is 9.41. The first kappa shape index (κ1) is 17.7. The van der Waals surface area contributed by atoms with Crippen LogP contribution in [0, 0.1) is 5.92 Å². The van der Waals surface area contributed by atoms with E-state index >= 15 is 0 Å². The Morgan fingerprint density at radius 2 is 2.13 bits per heavy atom. The fourth-order valence-corrected chi connectivity index (χ4v) is 2.67. The predicted molar refractivity (Wildman–Crippen MR) is 90.4 cm³/mol. The van der Waals surface area contributed by atoms with Crippen LogP contribution in [-0.2, 0) is 18.3 Å². The van der Waals surface area contributed by atoms with Gasteiger partial charge in [0, 0.05) is 19.2 Å². The summed E-state index contributed by atoms with van der Waals surface area (Å²) in [5.74, 6) is 1.40. The number of rotatable bonds is 5. The number of aromatic nitrogens is 2. The number of nitrogens with zero attached hydrogens (tertiary/aromatic N) is 2. The van der Waals surface area contributed by atoms with Crippen LogP contribution in [0.1, 0.15) is 39.2 Å². The molecule has 0 atom stereocenters. The summed E-state index contributed by atoms with van der Waals surface area (Å²) in [5, 5.41) is 13.9. The molecule has 1 fully saturated rings. The lowest BCUT2D eigenvalue weighted by molar-refractivity contribution is 0.0634. The summed E-state index contributed by atoms with van der Waals surface area (Å²) in [5.41, 5.74) is 0.447. The number of nitrogens with one attached hydrogen (secondary N) is 3. The number of hydrogen-bond acceptors (Lipinski definition) is 5. The molecule has 0 aliphatic carbocycles. The van der Waals surface area contributed by atoms with Gasteiger partial charge in [0.05, 0.1) is 6.20 Å². The van der Waals surface area contributed by atoms with Gasteiger partial charge in [-0.2, -0.15) is 5.10 Å². The van der Waals surface area contributed by atoms with Crippen molar-refractivity contribution >= 4 is 11.9 Å². The van der Waals surface area contributed by atoms with E-state index in [0.717, 1.165) is 31.1 Å². The summed E-state index contributed by atoms with van der Waals surface area (Å²) >= 11 is 0. The maximum atomic E-state index is 11.9. The van der Waals surface area contributed by atoms with Gasteiger partial charge in [-0.25, -0.2) is 4.79 Å². The smallest absolute Gasteiger partial charge is 0.413 e. The fourth-order valence-electron chi connectivity index (χ4n) is 2.67. The number of anilines is 1. The molecular formula is C16H29N5O2. The van der Waals surface area contributed by atoms with Crippen molar-refractivity contribution in [3.05, 3.63) is 11.8 Å². The van der Waals surface area contributed by atoms with E-state index in [2.05, 4.69) is 21.0 Å². The van der Waals surface area contributed by atoms with E-state index in [1.165, 1.54) is 12.8 Å². The molecule has 2 heterocycles. The van der Waals surface area contributed by atoms with Crippen LogP contribution in [0.4, 0.5) is 10.6 Å². The standard InChI is InChI=1S/C16H29N5O2/c1-16(2,3)23-15(22)20-14-13(11-19-21(14)4)10-18-9-12-5-7-17-8-6-12/h11-12,17-18H,5-10H2,1-4H3,(H,20,22). The number of hydrogen-bond donors (Lipinski definition) is 3. The average Bonchev–Trinajstić information content (AvgIpc) is 2.79. The lowest BCUT2D eigenvalue weighted by Crippen LogP contribution is -2.33. The Bertz CT molecular complexity index is 515. The van der Waals surface area contributed by atoms with E-state index in [-0.39, 0.29) is 0 Å². The van der Waals surface area contributed by atoms with Gasteiger partial charge in [0.25, 0.3) is 0 Å². The van der Waals surface area contributed by atoms with E-state index < -0.39 is 11.7 Å². The van der Waals surface area contributed by atoms with Crippen LogP contribution in [0.2, 0.25) is 0 Å². The highest BCUT2D eigenvalue weighted by Gasteiger charge is 2.19. The zero-order valence-corrected chi connectivity index (χ0v) is 14.6. The zero-order chi connectivity index (χ0) is 16.9. The molecule has 2 rings (SSSR count). The predicted octanol–water partition coefficient (Wildman–Crippen LogP) is 1.86. The molecule has 23 heavy (non-hydrogen) atoms. The van der Waals surface area contributed by atoms with Gasteiger partial charge in [-0.1, -0.05) is 0 Å². The third-order valence-corrected chi connectivity index (χ3v) is 3.84. The van der Waals surface area contributed by atoms with Crippen molar-refractivity contribution < 1.29 is 9.53 Å². The number of amides is 1. The fraction of sp³-hybridized carbons (Fsp3) is 0.750. The lowest BCUT2D eigenvalue weighted by atomic mass is 9.98. The largest absolute Gasteiger partial charge is 0.444 e. The van der Waals surface area contributed by atoms with Crippen LogP contribution in [0.5, 0.6) is 0 Å². The third-order valence-electron chi connectivity index (χ3n) is 3.84. The molecule has 1 amide bonds. The Labute approximate surface area is 138 Å². The quantitative estimate of drug-likeness (QED) is 0.771. The Morgan fingerprint density at radius 3 is 2.78 bits per heavy atom. The van der Waals surface area contributed by atoms with Crippen LogP contribution >= 0.6 is 0 Å². The van der Waals surface area contributed by atoms with Crippen LogP contribution in [0.25, 0.3) is 0 Å². The van der Waals surface area contributed by atoms with Crippen LogP contribution in [0.3, 0.4) is 0 Å². The lowest BCUT2D eigenvalue weighted by Gasteiger charge is -2.23. The molecule has 0 bridgehead atoms. The van der Waals surface area contributed by atoms with Gasteiger partial charge in [0.15, 0.2) is 0 Å². The second-order valence-electron chi connectivity index (χ2n) is 7.09. The molecule has 7 heteroatoms. The van der Waals surface area contributed by atoms with Crippen molar-refractivity contribution in [3.8, 4) is 0 Å². The summed E-state index contributed by atoms with van der Waals surface area (Å²) in [6.07, 6.45) is 3.74. The molecule has 1 aromatic rings. The number of aryl methyl sites for hydroxylation is 1. The second-order valence-corrected chi connectivity index (χ2v) is 7.09. The molecule has 1 aliphatic heterocycles.